The molecule has 4 saturated carbocycles. The van der Waals surface area contributed by atoms with Crippen LogP contribution in [0.2, 0.25) is 0 Å². The normalized spacial score (nSPS) is 34.8. The molecule has 6 nitrogen and oxygen atoms in total. The lowest BCUT2D eigenvalue weighted by molar-refractivity contribution is -0.129. The summed E-state index contributed by atoms with van der Waals surface area (Å²) in [5, 5.41) is 34.0. The van der Waals surface area contributed by atoms with Gasteiger partial charge in [-0.1, -0.05) is 23.5 Å². The van der Waals surface area contributed by atoms with Crippen molar-refractivity contribution < 1.29 is 10.2 Å². The molecule has 2 heterocycles. The molecule has 28 heavy (non-hydrogen) atoms. The Labute approximate surface area is 167 Å². The number of hydrogen-bond acceptors (Lipinski definition) is 7. The molecule has 5 aliphatic rings. The molecular formula is C21H24N4O2S. The molecule has 146 valence electrons. The molecular weight excluding hydrogens is 372 g/mol. The van der Waals surface area contributed by atoms with Crippen LogP contribution in [0.3, 0.4) is 0 Å². The number of nitrogens with one attached hydrogen (secondary N) is 1. The summed E-state index contributed by atoms with van der Waals surface area (Å²) in [7, 11) is 0. The number of rotatable bonds is 4. The lowest BCUT2D eigenvalue weighted by atomic mass is 9.52. The Morgan fingerprint density at radius 2 is 2.00 bits per heavy atom. The molecule has 0 amide bonds. The Bertz CT molecular complexity index is 955. The van der Waals surface area contributed by atoms with Crippen LogP contribution in [0.25, 0.3) is 16.6 Å². The fraction of sp³-hybridized carbons (Fsp3) is 0.571. The average molecular weight is 397 g/mol. The van der Waals surface area contributed by atoms with E-state index in [9.17, 15) is 10.2 Å². The van der Waals surface area contributed by atoms with Gasteiger partial charge in [0, 0.05) is 24.2 Å². The quantitative estimate of drug-likeness (QED) is 0.736. The van der Waals surface area contributed by atoms with Crippen LogP contribution in [0.1, 0.15) is 48.4 Å². The summed E-state index contributed by atoms with van der Waals surface area (Å²) in [6.07, 6.45) is 12.4. The van der Waals surface area contributed by atoms with E-state index < -0.39 is 5.60 Å². The molecule has 7 rings (SSSR count). The molecule has 0 saturated heterocycles. The summed E-state index contributed by atoms with van der Waals surface area (Å²) in [6, 6.07) is 0.390. The number of anilines is 1. The number of aromatic nitrogens is 3. The number of hydrogen-bond donors (Lipinski definition) is 3. The van der Waals surface area contributed by atoms with Crippen LogP contribution in [0, 0.1) is 17.8 Å². The van der Waals surface area contributed by atoms with Gasteiger partial charge in [-0.15, -0.1) is 10.2 Å². The number of pyridine rings is 1. The van der Waals surface area contributed by atoms with E-state index in [-0.39, 0.29) is 6.61 Å². The number of aliphatic hydroxyl groups excluding tert-OH is 1. The zero-order valence-corrected chi connectivity index (χ0v) is 16.5. The van der Waals surface area contributed by atoms with Gasteiger partial charge in [0.15, 0.2) is 5.01 Å². The number of aliphatic hydroxyl groups is 2. The van der Waals surface area contributed by atoms with E-state index in [1.807, 2.05) is 6.20 Å². The minimum absolute atomic E-state index is 0.0918. The number of nitrogens with zero attached hydrogens (tertiary/aromatic N) is 3. The lowest BCUT2D eigenvalue weighted by Gasteiger charge is -2.58. The van der Waals surface area contributed by atoms with Crippen LogP contribution >= 0.6 is 11.3 Å². The first-order valence-corrected chi connectivity index (χ1v) is 11.0. The van der Waals surface area contributed by atoms with Crippen LogP contribution in [-0.2, 0) is 13.0 Å². The highest BCUT2D eigenvalue weighted by molar-refractivity contribution is 7.14. The molecule has 5 atom stereocenters. The second kappa shape index (κ2) is 6.08. The van der Waals surface area contributed by atoms with Crippen molar-refractivity contribution in [3.8, 4) is 10.6 Å². The van der Waals surface area contributed by atoms with Gasteiger partial charge in [-0.3, -0.25) is 4.98 Å². The molecule has 4 bridgehead atoms. The summed E-state index contributed by atoms with van der Waals surface area (Å²) in [6.45, 7) is -0.0918. The minimum Gasteiger partial charge on any atom is -0.390 e. The molecule has 2 aromatic rings. The summed E-state index contributed by atoms with van der Waals surface area (Å²) < 4.78 is 0. The zero-order chi connectivity index (χ0) is 18.9. The molecule has 7 heteroatoms. The Balaban J connectivity index is 1.40. The van der Waals surface area contributed by atoms with E-state index in [2.05, 4.69) is 32.7 Å². The van der Waals surface area contributed by atoms with Crippen LogP contribution in [-0.4, -0.2) is 37.0 Å². The highest BCUT2D eigenvalue weighted by Gasteiger charge is 2.54. The SMILES string of the molecule is OCc1nnc(-c2cnc3c(c2NC2[C@@H]4CC5C[C@H]2CC(O)(C5)C4)C=CC3)s1. The fourth-order valence-corrected chi connectivity index (χ4v) is 7.04. The second-order valence-corrected chi connectivity index (χ2v) is 10.1. The maximum absolute atomic E-state index is 10.9. The Morgan fingerprint density at radius 3 is 2.71 bits per heavy atom. The molecule has 0 aliphatic heterocycles. The van der Waals surface area contributed by atoms with Gasteiger partial charge >= 0.3 is 0 Å². The highest BCUT2D eigenvalue weighted by atomic mass is 32.1. The van der Waals surface area contributed by atoms with Gasteiger partial charge in [-0.05, 0) is 49.9 Å². The summed E-state index contributed by atoms with van der Waals surface area (Å²) in [5.74, 6) is 1.75. The monoisotopic (exact) mass is 396 g/mol. The first-order chi connectivity index (χ1) is 13.6. The van der Waals surface area contributed by atoms with Crippen molar-refractivity contribution in [2.75, 3.05) is 5.32 Å². The lowest BCUT2D eigenvalue weighted by Crippen LogP contribution is -2.59. The van der Waals surface area contributed by atoms with Crippen LogP contribution in [0.5, 0.6) is 0 Å². The van der Waals surface area contributed by atoms with Gasteiger partial charge in [-0.2, -0.15) is 0 Å². The maximum atomic E-state index is 10.9. The molecule has 3 N–H and O–H groups in total. The van der Waals surface area contributed by atoms with E-state index in [0.29, 0.717) is 28.8 Å². The third-order valence-corrected chi connectivity index (χ3v) is 8.12. The number of fused-ring (bicyclic) bond motifs is 1. The van der Waals surface area contributed by atoms with Crippen molar-refractivity contribution in [1.82, 2.24) is 15.2 Å². The summed E-state index contributed by atoms with van der Waals surface area (Å²) in [4.78, 5) is 4.66. The topological polar surface area (TPSA) is 91.2 Å². The Morgan fingerprint density at radius 1 is 1.18 bits per heavy atom. The largest absolute Gasteiger partial charge is 0.390 e. The van der Waals surface area contributed by atoms with E-state index >= 15 is 0 Å². The first-order valence-electron chi connectivity index (χ1n) is 10.2. The van der Waals surface area contributed by atoms with Gasteiger partial charge in [0.1, 0.15) is 5.01 Å². The van der Waals surface area contributed by atoms with E-state index in [1.54, 1.807) is 0 Å². The number of allylic oxidation sites excluding steroid dienone is 1. The standard InChI is InChI=1S/C21H24N4O2S/c26-10-17-24-25-20(28-17)15-9-22-16-3-1-2-14(16)19(15)23-18-12-4-11-5-13(18)8-21(27,6-11)7-12/h1-2,9,11-13,18,26-27H,3-8,10H2,(H,22,23)/t11?,12-,13+,18?,21?. The second-order valence-electron chi connectivity index (χ2n) is 9.04. The van der Waals surface area contributed by atoms with Gasteiger partial charge in [0.2, 0.25) is 0 Å². The van der Waals surface area contributed by atoms with Crippen LogP contribution in [0.4, 0.5) is 5.69 Å². The molecule has 0 aromatic carbocycles. The maximum Gasteiger partial charge on any atom is 0.151 e. The fourth-order valence-electron chi connectivity index (χ4n) is 6.32. The smallest absolute Gasteiger partial charge is 0.151 e. The van der Waals surface area contributed by atoms with Crippen molar-refractivity contribution in [3.05, 3.63) is 28.5 Å². The molecule has 0 radical (unpaired) electrons. The molecule has 0 spiro atoms. The molecule has 3 unspecified atom stereocenters. The van der Waals surface area contributed by atoms with Crippen molar-refractivity contribution >= 4 is 23.1 Å². The van der Waals surface area contributed by atoms with Crippen molar-refractivity contribution in [3.63, 3.8) is 0 Å². The van der Waals surface area contributed by atoms with Crippen molar-refractivity contribution in [2.24, 2.45) is 17.8 Å². The van der Waals surface area contributed by atoms with Gasteiger partial charge in [0.05, 0.1) is 29.2 Å². The predicted molar refractivity (Wildman–Crippen MR) is 108 cm³/mol. The summed E-state index contributed by atoms with van der Waals surface area (Å²) in [5.41, 5.74) is 3.90. The van der Waals surface area contributed by atoms with Crippen LogP contribution in [0.15, 0.2) is 12.3 Å². The van der Waals surface area contributed by atoms with Crippen molar-refractivity contribution in [1.29, 1.82) is 0 Å². The predicted octanol–water partition coefficient (Wildman–Crippen LogP) is 3.01. The van der Waals surface area contributed by atoms with Gasteiger partial charge in [0.25, 0.3) is 0 Å². The Hall–Kier alpha value is -1.83. The third-order valence-electron chi connectivity index (χ3n) is 7.18. The molecule has 5 aliphatic carbocycles. The van der Waals surface area contributed by atoms with Crippen molar-refractivity contribution in [2.45, 2.75) is 56.8 Å². The first kappa shape index (κ1) is 17.1. The highest BCUT2D eigenvalue weighted by Crippen LogP contribution is 2.56. The Kier molecular flexibility index (Phi) is 3.71. The average Bonchev–Trinajstić information content (AvgIpc) is 3.32. The van der Waals surface area contributed by atoms with Crippen LogP contribution < -0.4 is 5.32 Å². The molecule has 2 aromatic heterocycles. The van der Waals surface area contributed by atoms with Gasteiger partial charge < -0.3 is 15.5 Å². The van der Waals surface area contributed by atoms with E-state index in [1.165, 1.54) is 24.2 Å². The zero-order valence-electron chi connectivity index (χ0n) is 15.6. The van der Waals surface area contributed by atoms with E-state index in [4.69, 9.17) is 0 Å². The minimum atomic E-state index is -0.424. The molecule has 4 fully saturated rings. The third kappa shape index (κ3) is 2.56. The summed E-state index contributed by atoms with van der Waals surface area (Å²) >= 11 is 1.42. The van der Waals surface area contributed by atoms with E-state index in [0.717, 1.165) is 53.2 Å². The van der Waals surface area contributed by atoms with Gasteiger partial charge in [-0.25, -0.2) is 0 Å².